The number of rotatable bonds is 4. The Kier molecular flexibility index (Phi) is 3.82. The Morgan fingerprint density at radius 3 is 2.50 bits per heavy atom. The zero-order valence-electron chi connectivity index (χ0n) is 8.60. The maximum absolute atomic E-state index is 12.1. The molecule has 0 aliphatic rings. The van der Waals surface area contributed by atoms with E-state index in [0.29, 0.717) is 5.56 Å². The highest BCUT2D eigenvalue weighted by Gasteiger charge is 2.32. The molecule has 0 unspecified atom stereocenters. The van der Waals surface area contributed by atoms with Gasteiger partial charge >= 0.3 is 6.36 Å². The largest absolute Gasteiger partial charge is 0.573 e. The highest BCUT2D eigenvalue weighted by Crippen LogP contribution is 2.33. The Labute approximate surface area is 91.3 Å². The summed E-state index contributed by atoms with van der Waals surface area (Å²) in [5, 5.41) is 0. The fourth-order valence-electron chi connectivity index (χ4n) is 1.10. The summed E-state index contributed by atoms with van der Waals surface area (Å²) >= 11 is 0. The monoisotopic (exact) mass is 231 g/mol. The van der Waals surface area contributed by atoms with Crippen LogP contribution in [0.1, 0.15) is 12.5 Å². The van der Waals surface area contributed by atoms with E-state index in [1.54, 1.807) is 13.0 Å². The molecule has 1 aromatic carbocycles. The standard InChI is InChI=1S/C11H10F3O2/c1-3-8-5-6-9(15-4-2)10(7-8)16-11(12,13)14/h5-7H,1,4H2,2H3. The van der Waals surface area contributed by atoms with Gasteiger partial charge in [-0.15, -0.1) is 13.2 Å². The zero-order valence-corrected chi connectivity index (χ0v) is 8.60. The molecule has 87 valence electrons. The topological polar surface area (TPSA) is 18.5 Å². The molecule has 2 nitrogen and oxygen atoms in total. The van der Waals surface area contributed by atoms with Crippen molar-refractivity contribution in [3.8, 4) is 11.5 Å². The Morgan fingerprint density at radius 2 is 2.00 bits per heavy atom. The summed E-state index contributed by atoms with van der Waals surface area (Å²) in [5.41, 5.74) is 0.405. The fraction of sp³-hybridized carbons (Fsp3) is 0.273. The fourth-order valence-corrected chi connectivity index (χ4v) is 1.10. The molecular weight excluding hydrogens is 221 g/mol. The average molecular weight is 231 g/mol. The van der Waals surface area contributed by atoms with E-state index in [-0.39, 0.29) is 18.1 Å². The van der Waals surface area contributed by atoms with Gasteiger partial charge in [-0.05, 0) is 30.7 Å². The van der Waals surface area contributed by atoms with Crippen LogP contribution < -0.4 is 9.47 Å². The van der Waals surface area contributed by atoms with Crippen LogP contribution >= 0.6 is 0 Å². The minimum atomic E-state index is -4.74. The van der Waals surface area contributed by atoms with E-state index < -0.39 is 6.36 Å². The molecule has 0 fully saturated rings. The Balaban J connectivity index is 3.04. The van der Waals surface area contributed by atoms with E-state index >= 15 is 0 Å². The minimum absolute atomic E-state index is 0.0406. The van der Waals surface area contributed by atoms with Crippen LogP contribution in [0.3, 0.4) is 0 Å². The van der Waals surface area contributed by atoms with E-state index in [1.165, 1.54) is 12.1 Å². The number of ether oxygens (including phenoxy) is 2. The van der Waals surface area contributed by atoms with Gasteiger partial charge in [0.25, 0.3) is 0 Å². The van der Waals surface area contributed by atoms with Crippen LogP contribution in [-0.2, 0) is 0 Å². The van der Waals surface area contributed by atoms with Crippen molar-refractivity contribution < 1.29 is 22.6 Å². The predicted molar refractivity (Wildman–Crippen MR) is 52.3 cm³/mol. The van der Waals surface area contributed by atoms with Crippen LogP contribution in [0.2, 0.25) is 0 Å². The van der Waals surface area contributed by atoms with Crippen molar-refractivity contribution in [2.75, 3.05) is 6.61 Å². The minimum Gasteiger partial charge on any atom is -0.490 e. The lowest BCUT2D eigenvalue weighted by Crippen LogP contribution is -2.17. The molecule has 0 spiro atoms. The van der Waals surface area contributed by atoms with Crippen molar-refractivity contribution in [1.29, 1.82) is 0 Å². The Morgan fingerprint density at radius 1 is 1.31 bits per heavy atom. The first-order chi connectivity index (χ1) is 7.46. The normalized spacial score (nSPS) is 11.0. The molecule has 1 aromatic rings. The number of benzene rings is 1. The van der Waals surface area contributed by atoms with Crippen LogP contribution in [0.5, 0.6) is 11.5 Å². The molecule has 16 heavy (non-hydrogen) atoms. The number of hydrogen-bond acceptors (Lipinski definition) is 2. The molecule has 0 heterocycles. The maximum atomic E-state index is 12.1. The van der Waals surface area contributed by atoms with Crippen molar-refractivity contribution in [1.82, 2.24) is 0 Å². The van der Waals surface area contributed by atoms with Crippen molar-refractivity contribution >= 4 is 0 Å². The van der Waals surface area contributed by atoms with Crippen molar-refractivity contribution in [3.63, 3.8) is 0 Å². The molecule has 0 amide bonds. The van der Waals surface area contributed by atoms with E-state index in [4.69, 9.17) is 4.74 Å². The number of alkyl halides is 3. The first-order valence-corrected chi connectivity index (χ1v) is 4.52. The maximum Gasteiger partial charge on any atom is 0.573 e. The van der Waals surface area contributed by atoms with Crippen LogP contribution in [0.4, 0.5) is 13.2 Å². The predicted octanol–water partition coefficient (Wildman–Crippen LogP) is 3.32. The summed E-state index contributed by atoms with van der Waals surface area (Å²) < 4.78 is 45.1. The van der Waals surface area contributed by atoms with Gasteiger partial charge in [-0.2, -0.15) is 0 Å². The molecule has 1 radical (unpaired) electrons. The van der Waals surface area contributed by atoms with Crippen molar-refractivity contribution in [2.45, 2.75) is 13.3 Å². The quantitative estimate of drug-likeness (QED) is 0.791. The van der Waals surface area contributed by atoms with Gasteiger partial charge in [-0.1, -0.05) is 12.6 Å². The zero-order chi connectivity index (χ0) is 12.2. The van der Waals surface area contributed by atoms with E-state index in [9.17, 15) is 13.2 Å². The van der Waals surface area contributed by atoms with Gasteiger partial charge in [-0.3, -0.25) is 0 Å². The van der Waals surface area contributed by atoms with Crippen LogP contribution in [0, 0.1) is 6.08 Å². The third kappa shape index (κ3) is 3.49. The Hall–Kier alpha value is -1.65. The molecule has 0 saturated heterocycles. The molecule has 0 saturated carbocycles. The van der Waals surface area contributed by atoms with Crippen molar-refractivity contribution in [3.05, 3.63) is 36.4 Å². The summed E-state index contributed by atoms with van der Waals surface area (Å²) in [4.78, 5) is 0. The van der Waals surface area contributed by atoms with Gasteiger partial charge < -0.3 is 9.47 Å². The summed E-state index contributed by atoms with van der Waals surface area (Å²) in [5.74, 6) is -0.346. The van der Waals surface area contributed by atoms with Crippen LogP contribution in [0.25, 0.3) is 0 Å². The lowest BCUT2D eigenvalue weighted by molar-refractivity contribution is -0.275. The molecule has 0 aliphatic carbocycles. The SMILES string of the molecule is C=[C]c1ccc(OCC)c(OC(F)(F)F)c1. The van der Waals surface area contributed by atoms with Crippen molar-refractivity contribution in [2.24, 2.45) is 0 Å². The molecule has 0 aliphatic heterocycles. The summed E-state index contributed by atoms with van der Waals surface area (Å²) in [6.07, 6.45) is -2.27. The summed E-state index contributed by atoms with van der Waals surface area (Å²) in [6, 6.07) is 4.10. The molecule has 0 aromatic heterocycles. The van der Waals surface area contributed by atoms with Gasteiger partial charge in [-0.25, -0.2) is 0 Å². The summed E-state index contributed by atoms with van der Waals surface area (Å²) in [7, 11) is 0. The number of halogens is 3. The first-order valence-electron chi connectivity index (χ1n) is 4.52. The second-order valence-corrected chi connectivity index (χ2v) is 2.82. The van der Waals surface area contributed by atoms with E-state index in [2.05, 4.69) is 17.4 Å². The highest BCUT2D eigenvalue weighted by molar-refractivity contribution is 5.44. The third-order valence-corrected chi connectivity index (χ3v) is 1.67. The van der Waals surface area contributed by atoms with E-state index in [1.807, 2.05) is 0 Å². The lowest BCUT2D eigenvalue weighted by Gasteiger charge is -2.13. The molecule has 0 N–H and O–H groups in total. The Bertz CT molecular complexity index is 372. The second-order valence-electron chi connectivity index (χ2n) is 2.82. The molecule has 1 rings (SSSR count). The second kappa shape index (κ2) is 4.92. The molecule has 0 bridgehead atoms. The average Bonchev–Trinajstić information content (AvgIpc) is 2.18. The number of hydrogen-bond donors (Lipinski definition) is 0. The van der Waals surface area contributed by atoms with Gasteiger partial charge in [0, 0.05) is 0 Å². The third-order valence-electron chi connectivity index (χ3n) is 1.67. The van der Waals surface area contributed by atoms with Crippen LogP contribution in [-0.4, -0.2) is 13.0 Å². The molecule has 0 atom stereocenters. The lowest BCUT2D eigenvalue weighted by atomic mass is 10.2. The van der Waals surface area contributed by atoms with E-state index in [0.717, 1.165) is 0 Å². The first kappa shape index (κ1) is 12.4. The van der Waals surface area contributed by atoms with Gasteiger partial charge in [0.15, 0.2) is 11.5 Å². The smallest absolute Gasteiger partial charge is 0.490 e. The summed E-state index contributed by atoms with van der Waals surface area (Å²) in [6.45, 7) is 5.27. The van der Waals surface area contributed by atoms with Crippen LogP contribution in [0.15, 0.2) is 24.8 Å². The molecule has 5 heteroatoms. The molecular formula is C11H10F3O2. The van der Waals surface area contributed by atoms with Gasteiger partial charge in [0.05, 0.1) is 6.61 Å². The van der Waals surface area contributed by atoms with Gasteiger partial charge in [0.1, 0.15) is 0 Å². The van der Waals surface area contributed by atoms with Gasteiger partial charge in [0.2, 0.25) is 0 Å². The highest BCUT2D eigenvalue weighted by atomic mass is 19.4.